The number of methoxy groups -OCH3 is 1. The lowest BCUT2D eigenvalue weighted by molar-refractivity contribution is 0.0817. The van der Waals surface area contributed by atoms with Crippen LogP contribution >= 0.6 is 15.9 Å². The summed E-state index contributed by atoms with van der Waals surface area (Å²) in [6, 6.07) is 2.64. The van der Waals surface area contributed by atoms with E-state index >= 15 is 0 Å². The van der Waals surface area contributed by atoms with Crippen LogP contribution in [0.4, 0.5) is 5.82 Å². The van der Waals surface area contributed by atoms with Crippen molar-refractivity contribution in [1.29, 1.82) is 0 Å². The SMILES string of the molecule is COC1CCN(c2ncc(Br)cc2CNC(C)C)CC1. The number of ether oxygens (including phenoxy) is 1. The molecule has 0 bridgehead atoms. The summed E-state index contributed by atoms with van der Waals surface area (Å²) < 4.78 is 6.47. The van der Waals surface area contributed by atoms with Crippen LogP contribution in [0.25, 0.3) is 0 Å². The van der Waals surface area contributed by atoms with Crippen LogP contribution < -0.4 is 10.2 Å². The summed E-state index contributed by atoms with van der Waals surface area (Å²) in [5.74, 6) is 1.11. The van der Waals surface area contributed by atoms with Crippen molar-refractivity contribution in [3.05, 3.63) is 22.3 Å². The maximum atomic E-state index is 5.44. The Balaban J connectivity index is 2.10. The number of rotatable bonds is 5. The van der Waals surface area contributed by atoms with Gasteiger partial charge in [-0.2, -0.15) is 0 Å². The van der Waals surface area contributed by atoms with Gasteiger partial charge in [-0.05, 0) is 34.8 Å². The van der Waals surface area contributed by atoms with E-state index < -0.39 is 0 Å². The number of aromatic nitrogens is 1. The fourth-order valence-corrected chi connectivity index (χ4v) is 2.88. The minimum absolute atomic E-state index is 0.402. The zero-order chi connectivity index (χ0) is 14.5. The molecule has 0 amide bonds. The first-order valence-corrected chi connectivity index (χ1v) is 8.05. The molecule has 0 atom stereocenters. The highest BCUT2D eigenvalue weighted by Crippen LogP contribution is 2.25. The molecule has 1 aromatic heterocycles. The van der Waals surface area contributed by atoms with Gasteiger partial charge in [-0.1, -0.05) is 13.8 Å². The number of piperidine rings is 1. The average Bonchev–Trinajstić information content (AvgIpc) is 2.45. The van der Waals surface area contributed by atoms with Crippen molar-refractivity contribution in [2.45, 2.75) is 45.4 Å². The van der Waals surface area contributed by atoms with Crippen LogP contribution in [-0.4, -0.2) is 37.3 Å². The Bertz CT molecular complexity index is 431. The highest BCUT2D eigenvalue weighted by Gasteiger charge is 2.21. The Kier molecular flexibility index (Phi) is 5.81. The monoisotopic (exact) mass is 341 g/mol. The van der Waals surface area contributed by atoms with Crippen molar-refractivity contribution in [3.63, 3.8) is 0 Å². The summed E-state index contributed by atoms with van der Waals surface area (Å²) in [4.78, 5) is 7.00. The molecule has 20 heavy (non-hydrogen) atoms. The van der Waals surface area contributed by atoms with E-state index in [4.69, 9.17) is 4.74 Å². The molecule has 1 aromatic rings. The smallest absolute Gasteiger partial charge is 0.133 e. The summed E-state index contributed by atoms with van der Waals surface area (Å²) in [5.41, 5.74) is 1.25. The Morgan fingerprint density at radius 2 is 2.15 bits per heavy atom. The van der Waals surface area contributed by atoms with Crippen molar-refractivity contribution < 1.29 is 4.74 Å². The first kappa shape index (κ1) is 15.7. The van der Waals surface area contributed by atoms with Crippen LogP contribution in [0.2, 0.25) is 0 Å². The summed E-state index contributed by atoms with van der Waals surface area (Å²) in [6.45, 7) is 7.21. The molecular formula is C15H24BrN3O. The topological polar surface area (TPSA) is 37.4 Å². The molecule has 0 aliphatic carbocycles. The van der Waals surface area contributed by atoms with Crippen molar-refractivity contribution >= 4 is 21.7 Å². The molecular weight excluding hydrogens is 318 g/mol. The number of halogens is 1. The van der Waals surface area contributed by atoms with Crippen molar-refractivity contribution in [2.75, 3.05) is 25.1 Å². The lowest BCUT2D eigenvalue weighted by Gasteiger charge is -2.33. The summed E-state index contributed by atoms with van der Waals surface area (Å²) >= 11 is 3.52. The van der Waals surface area contributed by atoms with Gasteiger partial charge in [-0.3, -0.25) is 0 Å². The Labute approximate surface area is 130 Å². The zero-order valence-corrected chi connectivity index (χ0v) is 14.1. The third-order valence-corrected chi connectivity index (χ3v) is 4.12. The Hall–Kier alpha value is -0.650. The molecule has 1 fully saturated rings. The van der Waals surface area contributed by atoms with Crippen LogP contribution in [0.5, 0.6) is 0 Å². The Morgan fingerprint density at radius 1 is 1.45 bits per heavy atom. The maximum absolute atomic E-state index is 5.44. The molecule has 112 valence electrons. The lowest BCUT2D eigenvalue weighted by atomic mass is 10.1. The van der Waals surface area contributed by atoms with Crippen LogP contribution in [0.15, 0.2) is 16.7 Å². The van der Waals surface area contributed by atoms with Gasteiger partial charge in [0.1, 0.15) is 5.82 Å². The van der Waals surface area contributed by atoms with Crippen molar-refractivity contribution in [1.82, 2.24) is 10.3 Å². The number of pyridine rings is 1. The molecule has 0 unspecified atom stereocenters. The van der Waals surface area contributed by atoms with Gasteiger partial charge in [0.05, 0.1) is 6.10 Å². The quantitative estimate of drug-likeness (QED) is 0.893. The highest BCUT2D eigenvalue weighted by molar-refractivity contribution is 9.10. The summed E-state index contributed by atoms with van der Waals surface area (Å²) in [5, 5.41) is 3.48. The first-order chi connectivity index (χ1) is 9.60. The molecule has 4 nitrogen and oxygen atoms in total. The molecule has 0 aromatic carbocycles. The molecule has 0 spiro atoms. The van der Waals surface area contributed by atoms with Gasteiger partial charge >= 0.3 is 0 Å². The zero-order valence-electron chi connectivity index (χ0n) is 12.5. The molecule has 5 heteroatoms. The van der Waals surface area contributed by atoms with Gasteiger partial charge in [0.15, 0.2) is 0 Å². The first-order valence-electron chi connectivity index (χ1n) is 7.25. The minimum Gasteiger partial charge on any atom is -0.381 e. The normalized spacial score (nSPS) is 16.9. The number of hydrogen-bond donors (Lipinski definition) is 1. The molecule has 2 rings (SSSR count). The standard InChI is InChI=1S/C15H24BrN3O/c1-11(2)17-9-12-8-13(16)10-18-15(12)19-6-4-14(20-3)5-7-19/h8,10-11,14,17H,4-7,9H2,1-3H3. The number of nitrogens with one attached hydrogen (secondary N) is 1. The van der Waals surface area contributed by atoms with Gasteiger partial charge in [0, 0.05) is 49.0 Å². The minimum atomic E-state index is 0.402. The third kappa shape index (κ3) is 4.17. The van der Waals surface area contributed by atoms with Gasteiger partial charge in [-0.25, -0.2) is 4.98 Å². The maximum Gasteiger partial charge on any atom is 0.133 e. The average molecular weight is 342 g/mol. The molecule has 1 aliphatic heterocycles. The number of nitrogens with zero attached hydrogens (tertiary/aromatic N) is 2. The van der Waals surface area contributed by atoms with Gasteiger partial charge in [-0.15, -0.1) is 0 Å². The molecule has 1 aliphatic rings. The molecule has 0 saturated carbocycles. The van der Waals surface area contributed by atoms with Gasteiger partial charge in [0.25, 0.3) is 0 Å². The summed E-state index contributed by atoms with van der Waals surface area (Å²) in [6.07, 6.45) is 4.44. The largest absolute Gasteiger partial charge is 0.381 e. The van der Waals surface area contributed by atoms with E-state index in [0.717, 1.165) is 42.8 Å². The van der Waals surface area contributed by atoms with Gasteiger partial charge in [0.2, 0.25) is 0 Å². The second-order valence-corrected chi connectivity index (χ2v) is 6.51. The predicted molar refractivity (Wildman–Crippen MR) is 86.2 cm³/mol. The van der Waals surface area contributed by atoms with E-state index in [-0.39, 0.29) is 0 Å². The molecule has 0 radical (unpaired) electrons. The van der Waals surface area contributed by atoms with Crippen molar-refractivity contribution in [2.24, 2.45) is 0 Å². The summed E-state index contributed by atoms with van der Waals surface area (Å²) in [7, 11) is 1.80. The van der Waals surface area contributed by atoms with Crippen LogP contribution in [0, 0.1) is 0 Å². The van der Waals surface area contributed by atoms with Crippen molar-refractivity contribution in [3.8, 4) is 0 Å². The molecule has 1 N–H and O–H groups in total. The van der Waals surface area contributed by atoms with E-state index in [2.05, 4.69) is 51.0 Å². The highest BCUT2D eigenvalue weighted by atomic mass is 79.9. The van der Waals surface area contributed by atoms with E-state index in [0.29, 0.717) is 12.1 Å². The van der Waals surface area contributed by atoms with E-state index in [1.807, 2.05) is 6.20 Å². The molecule has 2 heterocycles. The van der Waals surface area contributed by atoms with Crippen LogP contribution in [0.1, 0.15) is 32.3 Å². The fourth-order valence-electron chi connectivity index (χ4n) is 2.51. The number of anilines is 1. The molecule has 1 saturated heterocycles. The second kappa shape index (κ2) is 7.38. The second-order valence-electron chi connectivity index (χ2n) is 5.59. The van der Waals surface area contributed by atoms with E-state index in [1.165, 1.54) is 5.56 Å². The van der Waals surface area contributed by atoms with Crippen LogP contribution in [0.3, 0.4) is 0 Å². The van der Waals surface area contributed by atoms with Gasteiger partial charge < -0.3 is 15.0 Å². The third-order valence-electron chi connectivity index (χ3n) is 3.69. The predicted octanol–water partition coefficient (Wildman–Crippen LogP) is 2.96. The fraction of sp³-hybridized carbons (Fsp3) is 0.667. The lowest BCUT2D eigenvalue weighted by Crippen LogP contribution is -2.38. The van der Waals surface area contributed by atoms with E-state index in [1.54, 1.807) is 7.11 Å². The van der Waals surface area contributed by atoms with Crippen LogP contribution in [-0.2, 0) is 11.3 Å². The number of hydrogen-bond acceptors (Lipinski definition) is 4. The van der Waals surface area contributed by atoms with E-state index in [9.17, 15) is 0 Å². The Morgan fingerprint density at radius 3 is 2.75 bits per heavy atom.